The van der Waals surface area contributed by atoms with Crippen molar-refractivity contribution in [1.29, 1.82) is 0 Å². The largest absolute Gasteiger partial charge is 0.362 e. The maximum atomic E-state index is 12.3. The van der Waals surface area contributed by atoms with Gasteiger partial charge in [-0.3, -0.25) is 4.79 Å². The minimum Gasteiger partial charge on any atom is -0.362 e. The molecule has 0 bridgehead atoms. The van der Waals surface area contributed by atoms with Gasteiger partial charge in [-0.05, 0) is 44.7 Å². The van der Waals surface area contributed by atoms with E-state index < -0.39 is 0 Å². The second-order valence-corrected chi connectivity index (χ2v) is 8.51. The van der Waals surface area contributed by atoms with E-state index in [1.807, 2.05) is 56.4 Å². The average Bonchev–Trinajstić information content (AvgIpc) is 2.69. The molecule has 0 radical (unpaired) electrons. The number of nitrogens with zero attached hydrogens (tertiary/aromatic N) is 3. The van der Waals surface area contributed by atoms with Gasteiger partial charge in [0, 0.05) is 48.0 Å². The molecule has 150 valence electrons. The van der Waals surface area contributed by atoms with E-state index >= 15 is 0 Å². The highest BCUT2D eigenvalue weighted by Gasteiger charge is 2.22. The van der Waals surface area contributed by atoms with E-state index in [0.29, 0.717) is 24.6 Å². The zero-order chi connectivity index (χ0) is 20.1. The molecule has 0 saturated heterocycles. The number of aryl methyl sites for hydroxylation is 1. The number of ketones is 1. The standard InChI is InChI=1S/C21H28BrN5O/c1-14-12-24-21(26-20(14)27(2)3)25-18-10-8-17(9-11-18)23-13-19(28)15-4-6-16(22)7-5-15/h4-7,12,17-18,23H,8-11,13H2,1-3H3,(H,24,25,26)/t17-,18+. The Morgan fingerprint density at radius 1 is 1.14 bits per heavy atom. The fourth-order valence-electron chi connectivity index (χ4n) is 3.55. The molecule has 1 fully saturated rings. The Hall–Kier alpha value is -1.99. The van der Waals surface area contributed by atoms with Crippen LogP contribution in [0.3, 0.4) is 0 Å². The van der Waals surface area contributed by atoms with Crippen LogP contribution in [-0.4, -0.2) is 48.5 Å². The van der Waals surface area contributed by atoms with Crippen LogP contribution < -0.4 is 15.5 Å². The zero-order valence-corrected chi connectivity index (χ0v) is 18.3. The van der Waals surface area contributed by atoms with E-state index in [9.17, 15) is 4.79 Å². The van der Waals surface area contributed by atoms with Crippen LogP contribution in [0.2, 0.25) is 0 Å². The highest BCUT2D eigenvalue weighted by atomic mass is 79.9. The molecule has 3 rings (SSSR count). The van der Waals surface area contributed by atoms with Gasteiger partial charge in [0.15, 0.2) is 5.78 Å². The zero-order valence-electron chi connectivity index (χ0n) is 16.7. The molecule has 0 spiro atoms. The van der Waals surface area contributed by atoms with E-state index in [2.05, 4.69) is 36.5 Å². The van der Waals surface area contributed by atoms with Crippen LogP contribution in [-0.2, 0) is 0 Å². The summed E-state index contributed by atoms with van der Waals surface area (Å²) in [5.41, 5.74) is 1.82. The number of rotatable bonds is 7. The normalized spacial score (nSPS) is 19.3. The number of aromatic nitrogens is 2. The first-order valence-electron chi connectivity index (χ1n) is 9.72. The smallest absolute Gasteiger partial charge is 0.224 e. The van der Waals surface area contributed by atoms with Crippen LogP contribution >= 0.6 is 15.9 Å². The third-order valence-corrected chi connectivity index (χ3v) is 5.68. The number of carbonyl (C=O) groups is 1. The van der Waals surface area contributed by atoms with Crippen molar-refractivity contribution >= 4 is 33.5 Å². The van der Waals surface area contributed by atoms with Crippen molar-refractivity contribution in [2.75, 3.05) is 30.9 Å². The summed E-state index contributed by atoms with van der Waals surface area (Å²) < 4.78 is 0.984. The van der Waals surface area contributed by atoms with Crippen molar-refractivity contribution in [2.24, 2.45) is 0 Å². The summed E-state index contributed by atoms with van der Waals surface area (Å²) in [6.07, 6.45) is 6.03. The van der Waals surface area contributed by atoms with Gasteiger partial charge in [-0.15, -0.1) is 0 Å². The lowest BCUT2D eigenvalue weighted by molar-refractivity contribution is 0.0984. The van der Waals surface area contributed by atoms with Crippen molar-refractivity contribution < 1.29 is 4.79 Å². The Labute approximate surface area is 175 Å². The minimum atomic E-state index is 0.136. The predicted molar refractivity (Wildman–Crippen MR) is 117 cm³/mol. The molecule has 1 aromatic carbocycles. The van der Waals surface area contributed by atoms with Gasteiger partial charge in [0.25, 0.3) is 0 Å². The van der Waals surface area contributed by atoms with Crippen molar-refractivity contribution in [3.05, 3.63) is 46.1 Å². The van der Waals surface area contributed by atoms with Crippen molar-refractivity contribution in [3.63, 3.8) is 0 Å². The minimum absolute atomic E-state index is 0.136. The summed E-state index contributed by atoms with van der Waals surface area (Å²) in [7, 11) is 3.98. The first-order valence-corrected chi connectivity index (χ1v) is 10.5. The second kappa shape index (κ2) is 9.47. The molecule has 1 aliphatic rings. The summed E-state index contributed by atoms with van der Waals surface area (Å²) in [5, 5.41) is 6.90. The molecule has 1 saturated carbocycles. The molecular weight excluding hydrogens is 418 g/mol. The lowest BCUT2D eigenvalue weighted by atomic mass is 9.91. The summed E-state index contributed by atoms with van der Waals surface area (Å²) in [6, 6.07) is 8.28. The van der Waals surface area contributed by atoms with Crippen LogP contribution in [0.5, 0.6) is 0 Å². The first-order chi connectivity index (χ1) is 13.4. The maximum absolute atomic E-state index is 12.3. The van der Waals surface area contributed by atoms with Gasteiger partial charge in [-0.2, -0.15) is 4.98 Å². The summed E-state index contributed by atoms with van der Waals surface area (Å²) in [4.78, 5) is 23.4. The van der Waals surface area contributed by atoms with Gasteiger partial charge in [0.1, 0.15) is 5.82 Å². The topological polar surface area (TPSA) is 70.1 Å². The van der Waals surface area contributed by atoms with E-state index in [-0.39, 0.29) is 5.78 Å². The number of hydrogen-bond donors (Lipinski definition) is 2. The summed E-state index contributed by atoms with van der Waals surface area (Å²) in [6.45, 7) is 2.41. The number of anilines is 2. The molecule has 6 nitrogen and oxygen atoms in total. The number of nitrogens with one attached hydrogen (secondary N) is 2. The molecule has 28 heavy (non-hydrogen) atoms. The maximum Gasteiger partial charge on any atom is 0.224 e. The quantitative estimate of drug-likeness (QED) is 0.631. The lowest BCUT2D eigenvalue weighted by Gasteiger charge is -2.30. The predicted octanol–water partition coefficient (Wildman–Crippen LogP) is 3.81. The van der Waals surface area contributed by atoms with Crippen molar-refractivity contribution in [1.82, 2.24) is 15.3 Å². The average molecular weight is 446 g/mol. The third-order valence-electron chi connectivity index (χ3n) is 5.15. The Kier molecular flexibility index (Phi) is 7.02. The number of hydrogen-bond acceptors (Lipinski definition) is 6. The molecule has 2 aromatic rings. The molecule has 2 N–H and O–H groups in total. The molecule has 1 heterocycles. The number of carbonyl (C=O) groups excluding carboxylic acids is 1. The molecule has 0 unspecified atom stereocenters. The highest BCUT2D eigenvalue weighted by molar-refractivity contribution is 9.10. The Morgan fingerprint density at radius 2 is 1.79 bits per heavy atom. The SMILES string of the molecule is Cc1cnc(N[C@H]2CC[C@@H](NCC(=O)c3ccc(Br)cc3)CC2)nc1N(C)C. The fraction of sp³-hybridized carbons (Fsp3) is 0.476. The van der Waals surface area contributed by atoms with Gasteiger partial charge < -0.3 is 15.5 Å². The second-order valence-electron chi connectivity index (χ2n) is 7.60. The molecule has 0 amide bonds. The third kappa shape index (κ3) is 5.52. The summed E-state index contributed by atoms with van der Waals surface area (Å²) in [5.74, 6) is 1.77. The fourth-order valence-corrected chi connectivity index (χ4v) is 3.82. The lowest BCUT2D eigenvalue weighted by Crippen LogP contribution is -2.39. The van der Waals surface area contributed by atoms with Crippen molar-refractivity contribution in [2.45, 2.75) is 44.7 Å². The van der Waals surface area contributed by atoms with Gasteiger partial charge >= 0.3 is 0 Å². The van der Waals surface area contributed by atoms with Gasteiger partial charge in [-0.1, -0.05) is 28.1 Å². The monoisotopic (exact) mass is 445 g/mol. The molecule has 7 heteroatoms. The van der Waals surface area contributed by atoms with Crippen LogP contribution in [0.1, 0.15) is 41.6 Å². The van der Waals surface area contributed by atoms with E-state index in [1.165, 1.54) is 0 Å². The number of halogens is 1. The molecule has 1 aromatic heterocycles. The molecule has 0 aliphatic heterocycles. The molecular formula is C21H28BrN5O. The van der Waals surface area contributed by atoms with Crippen LogP contribution in [0.25, 0.3) is 0 Å². The van der Waals surface area contributed by atoms with Crippen molar-refractivity contribution in [3.8, 4) is 0 Å². The Balaban J connectivity index is 1.45. The van der Waals surface area contributed by atoms with Gasteiger partial charge in [-0.25, -0.2) is 4.98 Å². The number of benzene rings is 1. The van der Waals surface area contributed by atoms with E-state index in [4.69, 9.17) is 0 Å². The Bertz CT molecular complexity index is 801. The van der Waals surface area contributed by atoms with Crippen LogP contribution in [0.15, 0.2) is 34.9 Å². The summed E-state index contributed by atoms with van der Waals surface area (Å²) >= 11 is 3.40. The molecule has 1 aliphatic carbocycles. The Morgan fingerprint density at radius 3 is 2.43 bits per heavy atom. The first kappa shape index (κ1) is 20.7. The number of Topliss-reactive ketones (excluding diaryl/α,β-unsaturated/α-hetero) is 1. The highest BCUT2D eigenvalue weighted by Crippen LogP contribution is 2.23. The van der Waals surface area contributed by atoms with Crippen LogP contribution in [0, 0.1) is 6.92 Å². The van der Waals surface area contributed by atoms with E-state index in [1.54, 1.807) is 0 Å². The van der Waals surface area contributed by atoms with E-state index in [0.717, 1.165) is 47.1 Å². The van der Waals surface area contributed by atoms with Gasteiger partial charge in [0.2, 0.25) is 5.95 Å². The van der Waals surface area contributed by atoms with Crippen LogP contribution in [0.4, 0.5) is 11.8 Å². The van der Waals surface area contributed by atoms with Gasteiger partial charge in [0.05, 0.1) is 6.54 Å². The molecule has 0 atom stereocenters.